The Balaban J connectivity index is 3.10. The number of nitrogens with one attached hydrogen (secondary N) is 1. The quantitative estimate of drug-likeness (QED) is 0.805. The van der Waals surface area contributed by atoms with E-state index in [1.807, 2.05) is 34.6 Å². The fourth-order valence-corrected chi connectivity index (χ4v) is 2.00. The molecule has 22 heavy (non-hydrogen) atoms. The molecule has 0 unspecified atom stereocenters. The highest BCUT2D eigenvalue weighted by Crippen LogP contribution is 2.21. The number of methoxy groups -OCH3 is 1. The van der Waals surface area contributed by atoms with Crippen LogP contribution in [0.25, 0.3) is 0 Å². The highest BCUT2D eigenvalue weighted by Gasteiger charge is 2.22. The van der Waals surface area contributed by atoms with Gasteiger partial charge < -0.3 is 15.2 Å². The first-order chi connectivity index (χ1) is 10.1. The van der Waals surface area contributed by atoms with Crippen molar-refractivity contribution in [3.63, 3.8) is 0 Å². The van der Waals surface area contributed by atoms with E-state index in [9.17, 15) is 9.90 Å². The summed E-state index contributed by atoms with van der Waals surface area (Å²) in [7, 11) is 1.60. The lowest BCUT2D eigenvalue weighted by Crippen LogP contribution is -2.31. The minimum atomic E-state index is -0.877. The van der Waals surface area contributed by atoms with Crippen LogP contribution in [0.4, 0.5) is 5.82 Å². The Kier molecular flexibility index (Phi) is 6.29. The van der Waals surface area contributed by atoms with Gasteiger partial charge in [0.1, 0.15) is 17.7 Å². The predicted molar refractivity (Wildman–Crippen MR) is 85.9 cm³/mol. The first-order valence-corrected chi connectivity index (χ1v) is 7.50. The Hall–Kier alpha value is -1.69. The Bertz CT molecular complexity index is 510. The number of carboxylic acids is 1. The maximum atomic E-state index is 11.4. The van der Waals surface area contributed by atoms with Crippen LogP contribution < -0.4 is 5.32 Å². The molecule has 1 aromatic heterocycles. The summed E-state index contributed by atoms with van der Waals surface area (Å²) in [6.45, 7) is 10.4. The van der Waals surface area contributed by atoms with Crippen molar-refractivity contribution in [2.24, 2.45) is 5.92 Å². The maximum absolute atomic E-state index is 11.4. The molecule has 1 heterocycles. The number of aliphatic carboxylic acids is 1. The standard InChI is InChI=1S/C16H27N3O3/c1-10(2)7-12(14(20)21)18-13-8-11(9-22-6)17-15(19-13)16(3,4)5/h8,10,12H,7,9H2,1-6H3,(H,20,21)(H,17,18,19)/t12-/m1/s1. The zero-order valence-corrected chi connectivity index (χ0v) is 14.3. The van der Waals surface area contributed by atoms with Crippen LogP contribution in [0.3, 0.4) is 0 Å². The smallest absolute Gasteiger partial charge is 0.326 e. The van der Waals surface area contributed by atoms with E-state index in [0.29, 0.717) is 24.7 Å². The predicted octanol–water partition coefficient (Wildman–Crippen LogP) is 2.83. The Morgan fingerprint density at radius 3 is 2.45 bits per heavy atom. The third kappa shape index (κ3) is 5.60. The van der Waals surface area contributed by atoms with Gasteiger partial charge in [0.2, 0.25) is 0 Å². The molecule has 0 amide bonds. The van der Waals surface area contributed by atoms with Crippen molar-refractivity contribution in [2.75, 3.05) is 12.4 Å². The Morgan fingerprint density at radius 1 is 1.36 bits per heavy atom. The molecule has 0 fully saturated rings. The van der Waals surface area contributed by atoms with Gasteiger partial charge in [-0.1, -0.05) is 34.6 Å². The fourth-order valence-electron chi connectivity index (χ4n) is 2.00. The number of rotatable bonds is 7. The molecule has 1 atom stereocenters. The lowest BCUT2D eigenvalue weighted by molar-refractivity contribution is -0.138. The van der Waals surface area contributed by atoms with Gasteiger partial charge in [-0.15, -0.1) is 0 Å². The summed E-state index contributed by atoms with van der Waals surface area (Å²) in [5, 5.41) is 12.4. The molecule has 0 aromatic carbocycles. The lowest BCUT2D eigenvalue weighted by Gasteiger charge is -2.21. The van der Waals surface area contributed by atoms with Crippen molar-refractivity contribution < 1.29 is 14.6 Å². The maximum Gasteiger partial charge on any atom is 0.326 e. The third-order valence-electron chi connectivity index (χ3n) is 3.07. The average molecular weight is 309 g/mol. The summed E-state index contributed by atoms with van der Waals surface area (Å²) in [4.78, 5) is 20.4. The molecule has 6 nitrogen and oxygen atoms in total. The van der Waals surface area contributed by atoms with Gasteiger partial charge in [-0.2, -0.15) is 0 Å². The second kappa shape index (κ2) is 7.54. The monoisotopic (exact) mass is 309 g/mol. The summed E-state index contributed by atoms with van der Waals surface area (Å²) >= 11 is 0. The van der Waals surface area contributed by atoms with Crippen LogP contribution in [0.15, 0.2) is 6.07 Å². The van der Waals surface area contributed by atoms with E-state index in [0.717, 1.165) is 5.69 Å². The highest BCUT2D eigenvalue weighted by atomic mass is 16.5. The molecule has 124 valence electrons. The zero-order valence-electron chi connectivity index (χ0n) is 14.3. The molecule has 1 rings (SSSR count). The molecule has 2 N–H and O–H groups in total. The molecular formula is C16H27N3O3. The summed E-state index contributed by atoms with van der Waals surface area (Å²) in [5.74, 6) is 0.590. The molecule has 0 radical (unpaired) electrons. The molecular weight excluding hydrogens is 282 g/mol. The number of ether oxygens (including phenoxy) is 1. The van der Waals surface area contributed by atoms with Gasteiger partial charge in [0.05, 0.1) is 12.3 Å². The lowest BCUT2D eigenvalue weighted by atomic mass is 9.95. The molecule has 0 aliphatic heterocycles. The van der Waals surface area contributed by atoms with Crippen molar-refractivity contribution in [1.82, 2.24) is 9.97 Å². The second-order valence-electron chi connectivity index (χ2n) is 6.92. The van der Waals surface area contributed by atoms with E-state index < -0.39 is 12.0 Å². The van der Waals surface area contributed by atoms with Gasteiger partial charge in [-0.05, 0) is 12.3 Å². The Labute approximate surface area is 132 Å². The summed E-state index contributed by atoms with van der Waals surface area (Å²) < 4.78 is 5.13. The minimum absolute atomic E-state index is 0.225. The first kappa shape index (κ1) is 18.4. The zero-order chi connectivity index (χ0) is 16.9. The van der Waals surface area contributed by atoms with Crippen LogP contribution in [-0.4, -0.2) is 34.2 Å². The van der Waals surface area contributed by atoms with Gasteiger partial charge in [0.25, 0.3) is 0 Å². The average Bonchev–Trinajstić information content (AvgIpc) is 2.36. The van der Waals surface area contributed by atoms with E-state index in [-0.39, 0.29) is 11.3 Å². The number of aromatic nitrogens is 2. The minimum Gasteiger partial charge on any atom is -0.480 e. The number of carboxylic acid groups (broad SMARTS) is 1. The number of carbonyl (C=O) groups is 1. The van der Waals surface area contributed by atoms with Crippen LogP contribution in [0.2, 0.25) is 0 Å². The van der Waals surface area contributed by atoms with Crippen molar-refractivity contribution in [2.45, 2.75) is 59.1 Å². The van der Waals surface area contributed by atoms with Crippen molar-refractivity contribution >= 4 is 11.8 Å². The van der Waals surface area contributed by atoms with Gasteiger partial charge >= 0.3 is 5.97 Å². The summed E-state index contributed by atoms with van der Waals surface area (Å²) in [6, 6.07) is 1.08. The van der Waals surface area contributed by atoms with Gasteiger partial charge in [0, 0.05) is 18.6 Å². The molecule has 0 aliphatic rings. The molecule has 0 saturated carbocycles. The van der Waals surface area contributed by atoms with Gasteiger partial charge in [-0.25, -0.2) is 14.8 Å². The highest BCUT2D eigenvalue weighted by molar-refractivity contribution is 5.76. The molecule has 0 saturated heterocycles. The molecule has 0 bridgehead atoms. The fraction of sp³-hybridized carbons (Fsp3) is 0.688. The normalized spacial score (nSPS) is 13.2. The largest absolute Gasteiger partial charge is 0.480 e. The summed E-state index contributed by atoms with van der Waals surface area (Å²) in [6.07, 6.45) is 0.532. The van der Waals surface area contributed by atoms with E-state index in [1.54, 1.807) is 13.2 Å². The number of hydrogen-bond donors (Lipinski definition) is 2. The van der Waals surface area contributed by atoms with E-state index in [2.05, 4.69) is 15.3 Å². The Morgan fingerprint density at radius 2 is 2.00 bits per heavy atom. The molecule has 0 spiro atoms. The van der Waals surface area contributed by atoms with Gasteiger partial charge in [-0.3, -0.25) is 0 Å². The van der Waals surface area contributed by atoms with E-state index in [4.69, 9.17) is 4.74 Å². The molecule has 0 aliphatic carbocycles. The van der Waals surface area contributed by atoms with Crippen LogP contribution >= 0.6 is 0 Å². The van der Waals surface area contributed by atoms with E-state index >= 15 is 0 Å². The van der Waals surface area contributed by atoms with Crippen LogP contribution in [0.5, 0.6) is 0 Å². The van der Waals surface area contributed by atoms with Crippen LogP contribution in [0, 0.1) is 5.92 Å². The van der Waals surface area contributed by atoms with Crippen molar-refractivity contribution in [3.05, 3.63) is 17.6 Å². The van der Waals surface area contributed by atoms with Crippen molar-refractivity contribution in [1.29, 1.82) is 0 Å². The van der Waals surface area contributed by atoms with Gasteiger partial charge in [0.15, 0.2) is 0 Å². The topological polar surface area (TPSA) is 84.3 Å². The molecule has 1 aromatic rings. The van der Waals surface area contributed by atoms with E-state index in [1.165, 1.54) is 0 Å². The SMILES string of the molecule is COCc1cc(N[C@H](CC(C)C)C(=O)O)nc(C(C)(C)C)n1. The first-order valence-electron chi connectivity index (χ1n) is 7.50. The number of anilines is 1. The molecule has 6 heteroatoms. The number of hydrogen-bond acceptors (Lipinski definition) is 5. The van der Waals surface area contributed by atoms with Crippen LogP contribution in [0.1, 0.15) is 52.6 Å². The third-order valence-corrected chi connectivity index (χ3v) is 3.07. The van der Waals surface area contributed by atoms with Crippen LogP contribution in [-0.2, 0) is 21.6 Å². The summed E-state index contributed by atoms with van der Waals surface area (Å²) in [5.41, 5.74) is 0.510. The number of nitrogens with zero attached hydrogens (tertiary/aromatic N) is 2. The van der Waals surface area contributed by atoms with Crippen molar-refractivity contribution in [3.8, 4) is 0 Å². The second-order valence-corrected chi connectivity index (χ2v) is 6.92.